The fourth-order valence-electron chi connectivity index (χ4n) is 3.33. The first-order chi connectivity index (χ1) is 9.07. The lowest BCUT2D eigenvalue weighted by molar-refractivity contribution is 0.295. The Morgan fingerprint density at radius 1 is 1.32 bits per heavy atom. The van der Waals surface area contributed by atoms with Crippen molar-refractivity contribution in [3.8, 4) is 0 Å². The van der Waals surface area contributed by atoms with Gasteiger partial charge in [0.1, 0.15) is 5.01 Å². The number of fused-ring (bicyclic) bond motifs is 1. The van der Waals surface area contributed by atoms with Crippen LogP contribution >= 0.6 is 11.3 Å². The summed E-state index contributed by atoms with van der Waals surface area (Å²) in [6, 6.07) is 0.518. The van der Waals surface area contributed by atoms with E-state index in [-0.39, 0.29) is 5.54 Å². The van der Waals surface area contributed by atoms with Gasteiger partial charge in [-0.2, -0.15) is 0 Å². The molecule has 0 spiro atoms. The van der Waals surface area contributed by atoms with Crippen LogP contribution in [0, 0.1) is 5.92 Å². The van der Waals surface area contributed by atoms with Crippen LogP contribution in [0.1, 0.15) is 68.5 Å². The molecule has 1 fully saturated rings. The zero-order valence-corrected chi connectivity index (χ0v) is 13.3. The van der Waals surface area contributed by atoms with Crippen molar-refractivity contribution in [3.63, 3.8) is 0 Å². The molecule has 1 N–H and O–H groups in total. The number of aromatic nitrogens is 1. The Morgan fingerprint density at radius 3 is 2.68 bits per heavy atom. The predicted octanol–water partition coefficient (Wildman–Crippen LogP) is 4.04. The molecular formula is C16H26N2S. The lowest BCUT2D eigenvalue weighted by Crippen LogP contribution is -2.44. The third kappa shape index (κ3) is 3.03. The van der Waals surface area contributed by atoms with E-state index in [2.05, 4.69) is 26.1 Å². The molecule has 0 bridgehead atoms. The van der Waals surface area contributed by atoms with Crippen LogP contribution < -0.4 is 5.32 Å². The summed E-state index contributed by atoms with van der Waals surface area (Å²) < 4.78 is 0. The summed E-state index contributed by atoms with van der Waals surface area (Å²) in [5.41, 5.74) is 1.50. The van der Waals surface area contributed by atoms with Crippen LogP contribution in [0.3, 0.4) is 0 Å². The molecule has 1 atom stereocenters. The molecule has 1 heterocycles. The van der Waals surface area contributed by atoms with Crippen LogP contribution in [0.2, 0.25) is 0 Å². The molecule has 3 heteroatoms. The van der Waals surface area contributed by atoms with Gasteiger partial charge in [0.15, 0.2) is 0 Å². The van der Waals surface area contributed by atoms with Gasteiger partial charge in [0, 0.05) is 10.9 Å². The highest BCUT2D eigenvalue weighted by molar-refractivity contribution is 7.11. The second kappa shape index (κ2) is 5.17. The average Bonchev–Trinajstić information content (AvgIpc) is 3.03. The molecule has 2 aliphatic carbocycles. The number of rotatable bonds is 5. The van der Waals surface area contributed by atoms with Gasteiger partial charge in [-0.3, -0.25) is 0 Å². The van der Waals surface area contributed by atoms with Gasteiger partial charge >= 0.3 is 0 Å². The van der Waals surface area contributed by atoms with Crippen LogP contribution in [-0.4, -0.2) is 11.0 Å². The summed E-state index contributed by atoms with van der Waals surface area (Å²) in [5.74, 6) is 0.928. The van der Waals surface area contributed by atoms with E-state index in [4.69, 9.17) is 4.98 Å². The summed E-state index contributed by atoms with van der Waals surface area (Å²) in [7, 11) is 0. The first-order valence-corrected chi connectivity index (χ1v) is 8.65. The van der Waals surface area contributed by atoms with Crippen molar-refractivity contribution < 1.29 is 0 Å². The number of hydrogen-bond donors (Lipinski definition) is 1. The summed E-state index contributed by atoms with van der Waals surface area (Å²) in [6.45, 7) is 6.87. The number of aryl methyl sites for hydroxylation is 2. The fraction of sp³-hybridized carbons (Fsp3) is 0.812. The highest BCUT2D eigenvalue weighted by Crippen LogP contribution is 2.43. The Morgan fingerprint density at radius 2 is 2.05 bits per heavy atom. The van der Waals surface area contributed by atoms with Gasteiger partial charge in [0.2, 0.25) is 0 Å². The molecule has 1 saturated carbocycles. The lowest BCUT2D eigenvalue weighted by Gasteiger charge is -2.31. The van der Waals surface area contributed by atoms with Crippen molar-refractivity contribution in [3.05, 3.63) is 15.6 Å². The highest BCUT2D eigenvalue weighted by Gasteiger charge is 2.37. The lowest BCUT2D eigenvalue weighted by atomic mass is 9.94. The minimum atomic E-state index is 0.0946. The van der Waals surface area contributed by atoms with Crippen molar-refractivity contribution in [2.45, 2.75) is 77.3 Å². The maximum absolute atomic E-state index is 5.01. The number of nitrogens with one attached hydrogen (secondary N) is 1. The van der Waals surface area contributed by atoms with E-state index >= 15 is 0 Å². The third-order valence-corrected chi connectivity index (χ3v) is 5.74. The van der Waals surface area contributed by atoms with Crippen molar-refractivity contribution >= 4 is 11.3 Å². The Hall–Kier alpha value is -0.410. The molecule has 0 radical (unpaired) electrons. The Labute approximate surface area is 121 Å². The number of hydrogen-bond acceptors (Lipinski definition) is 3. The van der Waals surface area contributed by atoms with Crippen LogP contribution in [-0.2, 0) is 18.4 Å². The second-order valence-corrected chi connectivity index (χ2v) is 7.96. The highest BCUT2D eigenvalue weighted by atomic mass is 32.1. The van der Waals surface area contributed by atoms with Gasteiger partial charge in [-0.25, -0.2) is 4.98 Å². The van der Waals surface area contributed by atoms with E-state index in [1.807, 2.05) is 11.3 Å². The van der Waals surface area contributed by atoms with Crippen molar-refractivity contribution in [1.82, 2.24) is 10.3 Å². The maximum Gasteiger partial charge on any atom is 0.113 e. The van der Waals surface area contributed by atoms with Crippen LogP contribution in [0.15, 0.2) is 0 Å². The van der Waals surface area contributed by atoms with Crippen LogP contribution in [0.4, 0.5) is 0 Å². The van der Waals surface area contributed by atoms with E-state index in [0.29, 0.717) is 6.04 Å². The molecule has 0 aromatic carbocycles. The van der Waals surface area contributed by atoms with Gasteiger partial charge in [-0.15, -0.1) is 11.3 Å². The van der Waals surface area contributed by atoms with Gasteiger partial charge < -0.3 is 5.32 Å². The quantitative estimate of drug-likeness (QED) is 0.879. The van der Waals surface area contributed by atoms with E-state index < -0.39 is 0 Å². The topological polar surface area (TPSA) is 24.9 Å². The Bertz CT molecular complexity index is 418. The first kappa shape index (κ1) is 13.6. The van der Waals surface area contributed by atoms with Gasteiger partial charge in [-0.1, -0.05) is 12.8 Å². The fourth-order valence-corrected chi connectivity index (χ4v) is 4.60. The third-order valence-electron chi connectivity index (χ3n) is 4.32. The number of thiazole rings is 1. The second-order valence-electron chi connectivity index (χ2n) is 6.87. The normalized spacial score (nSPS) is 22.3. The minimum absolute atomic E-state index is 0.0946. The Balaban J connectivity index is 1.86. The van der Waals surface area contributed by atoms with Gasteiger partial charge in [0.25, 0.3) is 0 Å². The van der Waals surface area contributed by atoms with Gasteiger partial charge in [0.05, 0.1) is 11.2 Å². The smallest absolute Gasteiger partial charge is 0.113 e. The SMILES string of the molecule is CC(C)NC(C)(CC1CC1)c1nc2c(s1)CCCC2. The van der Waals surface area contributed by atoms with Crippen molar-refractivity contribution in [1.29, 1.82) is 0 Å². The zero-order chi connectivity index (χ0) is 13.5. The molecule has 19 heavy (non-hydrogen) atoms. The average molecular weight is 278 g/mol. The molecular weight excluding hydrogens is 252 g/mol. The van der Waals surface area contributed by atoms with E-state index in [9.17, 15) is 0 Å². The molecule has 1 unspecified atom stereocenters. The molecule has 0 aliphatic heterocycles. The monoisotopic (exact) mass is 278 g/mol. The first-order valence-electron chi connectivity index (χ1n) is 7.83. The molecule has 3 rings (SSSR count). The Kier molecular flexibility index (Phi) is 3.69. The summed E-state index contributed by atoms with van der Waals surface area (Å²) in [5, 5.41) is 5.15. The van der Waals surface area contributed by atoms with Crippen molar-refractivity contribution in [2.75, 3.05) is 0 Å². The minimum Gasteiger partial charge on any atom is -0.303 e. The molecule has 1 aromatic heterocycles. The maximum atomic E-state index is 5.01. The molecule has 0 amide bonds. The van der Waals surface area contributed by atoms with E-state index in [1.54, 1.807) is 4.88 Å². The molecule has 2 nitrogen and oxygen atoms in total. The van der Waals surface area contributed by atoms with Gasteiger partial charge in [-0.05, 0) is 58.8 Å². The van der Waals surface area contributed by atoms with Crippen LogP contribution in [0.5, 0.6) is 0 Å². The largest absolute Gasteiger partial charge is 0.303 e. The van der Waals surface area contributed by atoms with Crippen molar-refractivity contribution in [2.24, 2.45) is 5.92 Å². The predicted molar refractivity (Wildman–Crippen MR) is 81.7 cm³/mol. The van der Waals surface area contributed by atoms with Crippen LogP contribution in [0.25, 0.3) is 0 Å². The molecule has 1 aromatic rings. The standard InChI is InChI=1S/C16H26N2S/c1-11(2)18-16(3,10-12-8-9-12)15-17-13-6-4-5-7-14(13)19-15/h11-12,18H,4-10H2,1-3H3. The summed E-state index contributed by atoms with van der Waals surface area (Å²) in [4.78, 5) is 6.58. The summed E-state index contributed by atoms with van der Waals surface area (Å²) in [6.07, 6.45) is 9.23. The number of nitrogens with zero attached hydrogens (tertiary/aromatic N) is 1. The molecule has 0 saturated heterocycles. The van der Waals surface area contributed by atoms with E-state index in [1.165, 1.54) is 55.6 Å². The molecule has 2 aliphatic rings. The zero-order valence-electron chi connectivity index (χ0n) is 12.5. The molecule has 106 valence electrons. The van der Waals surface area contributed by atoms with E-state index in [0.717, 1.165) is 5.92 Å². The summed E-state index contributed by atoms with van der Waals surface area (Å²) >= 11 is 1.98.